The van der Waals surface area contributed by atoms with Gasteiger partial charge in [-0.15, -0.1) is 0 Å². The smallest absolute Gasteiger partial charge is 0.0603 e. The van der Waals surface area contributed by atoms with Gasteiger partial charge in [0.15, 0.2) is 0 Å². The van der Waals surface area contributed by atoms with Crippen LogP contribution in [0.25, 0.3) is 0 Å². The van der Waals surface area contributed by atoms with Crippen molar-refractivity contribution in [3.05, 3.63) is 58.1 Å². The molecule has 0 saturated heterocycles. The van der Waals surface area contributed by atoms with Crippen molar-refractivity contribution in [2.75, 3.05) is 0 Å². The van der Waals surface area contributed by atoms with Crippen molar-refractivity contribution in [2.24, 2.45) is 5.73 Å². The van der Waals surface area contributed by atoms with Crippen molar-refractivity contribution in [3.8, 4) is 0 Å². The fourth-order valence-electron chi connectivity index (χ4n) is 1.52. The molecule has 0 heterocycles. The van der Waals surface area contributed by atoms with E-state index in [-0.39, 0.29) is 6.04 Å². The predicted octanol–water partition coefficient (Wildman–Crippen LogP) is 5.16. The molecule has 0 amide bonds. The molecule has 0 spiro atoms. The Labute approximate surface area is 121 Å². The van der Waals surface area contributed by atoms with Gasteiger partial charge in [-0.25, -0.2) is 0 Å². The van der Waals surface area contributed by atoms with Gasteiger partial charge in [-0.1, -0.05) is 47.1 Å². The molecule has 94 valence electrons. The second kappa shape index (κ2) is 5.98. The first kappa shape index (κ1) is 13.8. The van der Waals surface area contributed by atoms with Crippen LogP contribution in [0.3, 0.4) is 0 Å². The third-order valence-electron chi connectivity index (χ3n) is 2.53. The summed E-state index contributed by atoms with van der Waals surface area (Å²) in [5, 5.41) is 1.15. The van der Waals surface area contributed by atoms with Gasteiger partial charge in [-0.3, -0.25) is 0 Å². The summed E-state index contributed by atoms with van der Waals surface area (Å²) in [5.74, 6) is 0. The third kappa shape index (κ3) is 3.42. The Bertz CT molecular complexity index is 538. The Hall–Kier alpha value is -0.670. The Morgan fingerprint density at radius 2 is 1.56 bits per heavy atom. The van der Waals surface area contributed by atoms with Crippen LogP contribution in [-0.2, 0) is 0 Å². The van der Waals surface area contributed by atoms with Gasteiger partial charge in [0.2, 0.25) is 0 Å². The van der Waals surface area contributed by atoms with Gasteiger partial charge in [-0.05, 0) is 42.8 Å². The van der Waals surface area contributed by atoms with Crippen LogP contribution in [0, 0.1) is 0 Å². The SMILES string of the molecule is CC(N)c1ccc(Sc2ccc(Cl)c(Cl)c2)cc1. The average Bonchev–Trinajstić information content (AvgIpc) is 2.34. The van der Waals surface area contributed by atoms with E-state index in [0.717, 1.165) is 15.4 Å². The van der Waals surface area contributed by atoms with Crippen LogP contribution in [0.4, 0.5) is 0 Å². The van der Waals surface area contributed by atoms with Gasteiger partial charge in [0.25, 0.3) is 0 Å². The topological polar surface area (TPSA) is 26.0 Å². The van der Waals surface area contributed by atoms with Crippen molar-refractivity contribution in [3.63, 3.8) is 0 Å². The Kier molecular flexibility index (Phi) is 4.57. The molecule has 0 aliphatic rings. The zero-order chi connectivity index (χ0) is 13.1. The second-order valence-corrected chi connectivity index (χ2v) is 6.00. The molecule has 0 aromatic heterocycles. The minimum Gasteiger partial charge on any atom is -0.324 e. The first-order chi connectivity index (χ1) is 8.56. The van der Waals surface area contributed by atoms with Crippen LogP contribution in [0.15, 0.2) is 52.3 Å². The van der Waals surface area contributed by atoms with Gasteiger partial charge in [-0.2, -0.15) is 0 Å². The molecular formula is C14H13Cl2NS. The lowest BCUT2D eigenvalue weighted by molar-refractivity contribution is 0.817. The van der Waals surface area contributed by atoms with E-state index in [4.69, 9.17) is 28.9 Å². The van der Waals surface area contributed by atoms with E-state index in [9.17, 15) is 0 Å². The fourth-order valence-corrected chi connectivity index (χ4v) is 2.74. The van der Waals surface area contributed by atoms with Crippen molar-refractivity contribution < 1.29 is 0 Å². The molecule has 18 heavy (non-hydrogen) atoms. The maximum absolute atomic E-state index is 5.99. The van der Waals surface area contributed by atoms with Crippen LogP contribution in [-0.4, -0.2) is 0 Å². The minimum absolute atomic E-state index is 0.0639. The number of halogens is 2. The van der Waals surface area contributed by atoms with Crippen LogP contribution in [0.2, 0.25) is 10.0 Å². The van der Waals surface area contributed by atoms with Crippen LogP contribution < -0.4 is 5.73 Å². The van der Waals surface area contributed by atoms with E-state index < -0.39 is 0 Å². The summed E-state index contributed by atoms with van der Waals surface area (Å²) in [6, 6.07) is 13.9. The van der Waals surface area contributed by atoms with Gasteiger partial charge in [0, 0.05) is 15.8 Å². The number of benzene rings is 2. The molecule has 2 rings (SSSR count). The minimum atomic E-state index is 0.0639. The summed E-state index contributed by atoms with van der Waals surface area (Å²) < 4.78 is 0. The van der Waals surface area contributed by atoms with Gasteiger partial charge in [0.1, 0.15) is 0 Å². The highest BCUT2D eigenvalue weighted by atomic mass is 35.5. The highest BCUT2D eigenvalue weighted by molar-refractivity contribution is 7.99. The van der Waals surface area contributed by atoms with E-state index in [0.29, 0.717) is 10.0 Å². The molecule has 1 atom stereocenters. The highest BCUT2D eigenvalue weighted by Gasteiger charge is 2.03. The van der Waals surface area contributed by atoms with E-state index in [1.54, 1.807) is 11.8 Å². The quantitative estimate of drug-likeness (QED) is 0.846. The zero-order valence-corrected chi connectivity index (χ0v) is 12.2. The Morgan fingerprint density at radius 3 is 2.11 bits per heavy atom. The lowest BCUT2D eigenvalue weighted by Crippen LogP contribution is -2.04. The molecule has 1 unspecified atom stereocenters. The molecule has 1 nitrogen and oxygen atoms in total. The van der Waals surface area contributed by atoms with Gasteiger partial charge in [0.05, 0.1) is 10.0 Å². The molecule has 0 bridgehead atoms. The fraction of sp³-hybridized carbons (Fsp3) is 0.143. The standard InChI is InChI=1S/C14H13Cl2NS/c1-9(17)10-2-4-11(5-3-10)18-12-6-7-13(15)14(16)8-12/h2-9H,17H2,1H3. The number of hydrogen-bond acceptors (Lipinski definition) is 2. The molecule has 2 aromatic rings. The maximum Gasteiger partial charge on any atom is 0.0603 e. The van der Waals surface area contributed by atoms with Crippen LogP contribution in [0.5, 0.6) is 0 Å². The lowest BCUT2D eigenvalue weighted by Gasteiger charge is -2.07. The largest absolute Gasteiger partial charge is 0.324 e. The zero-order valence-electron chi connectivity index (χ0n) is 9.86. The number of nitrogens with two attached hydrogens (primary N) is 1. The number of hydrogen-bond donors (Lipinski definition) is 1. The molecule has 0 aliphatic carbocycles. The van der Waals surface area contributed by atoms with Crippen molar-refractivity contribution in [1.29, 1.82) is 0 Å². The second-order valence-electron chi connectivity index (χ2n) is 4.04. The summed E-state index contributed by atoms with van der Waals surface area (Å²) >= 11 is 13.5. The van der Waals surface area contributed by atoms with E-state index in [1.165, 1.54) is 0 Å². The third-order valence-corrected chi connectivity index (χ3v) is 4.27. The average molecular weight is 298 g/mol. The van der Waals surface area contributed by atoms with Crippen molar-refractivity contribution in [1.82, 2.24) is 0 Å². The van der Waals surface area contributed by atoms with Gasteiger partial charge < -0.3 is 5.73 Å². The highest BCUT2D eigenvalue weighted by Crippen LogP contribution is 2.32. The summed E-state index contributed by atoms with van der Waals surface area (Å²) in [5.41, 5.74) is 6.95. The lowest BCUT2D eigenvalue weighted by atomic mass is 10.1. The summed E-state index contributed by atoms with van der Waals surface area (Å²) in [7, 11) is 0. The molecule has 2 aromatic carbocycles. The molecular weight excluding hydrogens is 285 g/mol. The molecule has 0 saturated carbocycles. The first-order valence-electron chi connectivity index (χ1n) is 5.54. The molecule has 0 fully saturated rings. The Balaban J connectivity index is 2.15. The van der Waals surface area contributed by atoms with Crippen LogP contribution in [0.1, 0.15) is 18.5 Å². The summed E-state index contributed by atoms with van der Waals surface area (Å²) in [6.45, 7) is 1.97. The van der Waals surface area contributed by atoms with Crippen molar-refractivity contribution in [2.45, 2.75) is 22.8 Å². The molecule has 0 radical (unpaired) electrons. The van der Waals surface area contributed by atoms with E-state index >= 15 is 0 Å². The summed E-state index contributed by atoms with van der Waals surface area (Å²) in [4.78, 5) is 2.22. The molecule has 2 N–H and O–H groups in total. The maximum atomic E-state index is 5.99. The molecule has 0 aliphatic heterocycles. The predicted molar refractivity (Wildman–Crippen MR) is 79.6 cm³/mol. The van der Waals surface area contributed by atoms with E-state index in [1.807, 2.05) is 37.3 Å². The van der Waals surface area contributed by atoms with E-state index in [2.05, 4.69) is 12.1 Å². The van der Waals surface area contributed by atoms with Crippen LogP contribution >= 0.6 is 35.0 Å². The number of rotatable bonds is 3. The normalized spacial score (nSPS) is 12.4. The Morgan fingerprint density at radius 1 is 0.944 bits per heavy atom. The summed E-state index contributed by atoms with van der Waals surface area (Å²) in [6.07, 6.45) is 0. The first-order valence-corrected chi connectivity index (χ1v) is 7.12. The molecule has 4 heteroatoms. The monoisotopic (exact) mass is 297 g/mol. The van der Waals surface area contributed by atoms with Gasteiger partial charge >= 0.3 is 0 Å². The van der Waals surface area contributed by atoms with Crippen molar-refractivity contribution >= 4 is 35.0 Å².